The zero-order chi connectivity index (χ0) is 16.2. The number of cyclic esters (lactones) is 1. The van der Waals surface area contributed by atoms with Crippen LogP contribution in [0.3, 0.4) is 0 Å². The number of methoxy groups -OCH3 is 2. The van der Waals surface area contributed by atoms with Crippen LogP contribution in [0.25, 0.3) is 0 Å². The lowest BCUT2D eigenvalue weighted by Crippen LogP contribution is -2.50. The number of hydrogen-bond donors (Lipinski definition) is 0. The molecule has 1 rings (SSSR count). The number of rotatable bonds is 7. The molecule has 0 aliphatic carbocycles. The largest absolute Gasteiger partial charge is 0.458 e. The van der Waals surface area contributed by atoms with Crippen molar-refractivity contribution in [2.75, 3.05) is 14.2 Å². The summed E-state index contributed by atoms with van der Waals surface area (Å²) in [6.07, 6.45) is 3.96. The van der Waals surface area contributed by atoms with E-state index in [0.717, 1.165) is 6.42 Å². The van der Waals surface area contributed by atoms with Gasteiger partial charge in [0.2, 0.25) is 0 Å². The molecular weight excluding hydrogens is 268 g/mol. The summed E-state index contributed by atoms with van der Waals surface area (Å²) in [6, 6.07) is 0. The molecule has 1 aliphatic heterocycles. The Morgan fingerprint density at radius 3 is 2.29 bits per heavy atom. The van der Waals surface area contributed by atoms with Crippen LogP contribution in [0.15, 0.2) is 12.2 Å². The first kappa shape index (κ1) is 18.2. The van der Waals surface area contributed by atoms with Gasteiger partial charge in [0.25, 0.3) is 0 Å². The summed E-state index contributed by atoms with van der Waals surface area (Å²) >= 11 is 0. The van der Waals surface area contributed by atoms with Gasteiger partial charge in [-0.25, -0.2) is 4.79 Å². The van der Waals surface area contributed by atoms with E-state index in [4.69, 9.17) is 14.2 Å². The standard InChI is InChI=1S/C17H30O4/c1-11(2)15(19-6)12(3)16(20-7)17(4,5)13-9-8-10-14(18)21-13/h8,10-13,15-16H,9H2,1-7H3/t12-,13-,15-,16-/m1/s1. The van der Waals surface area contributed by atoms with E-state index >= 15 is 0 Å². The van der Waals surface area contributed by atoms with Crippen molar-refractivity contribution in [2.45, 2.75) is 59.4 Å². The number of carbonyl (C=O) groups is 1. The molecule has 4 atom stereocenters. The fourth-order valence-electron chi connectivity index (χ4n) is 3.62. The van der Waals surface area contributed by atoms with Gasteiger partial charge in [-0.05, 0) is 5.92 Å². The zero-order valence-corrected chi connectivity index (χ0v) is 14.4. The molecule has 0 N–H and O–H groups in total. The molecular formula is C17H30O4. The molecule has 1 heterocycles. The predicted molar refractivity (Wildman–Crippen MR) is 83.0 cm³/mol. The van der Waals surface area contributed by atoms with Crippen molar-refractivity contribution in [1.82, 2.24) is 0 Å². The Hall–Kier alpha value is -0.870. The van der Waals surface area contributed by atoms with Gasteiger partial charge in [0, 0.05) is 38.0 Å². The summed E-state index contributed by atoms with van der Waals surface area (Å²) in [5.41, 5.74) is -0.291. The summed E-state index contributed by atoms with van der Waals surface area (Å²) in [5, 5.41) is 0. The molecule has 0 aromatic carbocycles. The molecule has 4 nitrogen and oxygen atoms in total. The van der Waals surface area contributed by atoms with Crippen LogP contribution in [0.2, 0.25) is 0 Å². The molecule has 0 unspecified atom stereocenters. The van der Waals surface area contributed by atoms with E-state index in [1.54, 1.807) is 14.2 Å². The smallest absolute Gasteiger partial charge is 0.330 e. The average molecular weight is 298 g/mol. The van der Waals surface area contributed by atoms with Crippen molar-refractivity contribution in [2.24, 2.45) is 17.3 Å². The van der Waals surface area contributed by atoms with Crippen molar-refractivity contribution in [3.63, 3.8) is 0 Å². The molecule has 0 aromatic heterocycles. The third kappa shape index (κ3) is 4.07. The Kier molecular flexibility index (Phi) is 6.41. The first-order valence-corrected chi connectivity index (χ1v) is 7.68. The Balaban J connectivity index is 2.95. The average Bonchev–Trinajstić information content (AvgIpc) is 2.39. The maximum absolute atomic E-state index is 11.5. The minimum Gasteiger partial charge on any atom is -0.458 e. The maximum Gasteiger partial charge on any atom is 0.330 e. The second-order valence-electron chi connectivity index (χ2n) is 6.84. The summed E-state index contributed by atoms with van der Waals surface area (Å²) in [4.78, 5) is 11.5. The summed E-state index contributed by atoms with van der Waals surface area (Å²) in [5.74, 6) is 0.320. The molecule has 0 saturated heterocycles. The van der Waals surface area contributed by atoms with Gasteiger partial charge in [0.15, 0.2) is 0 Å². The van der Waals surface area contributed by atoms with Gasteiger partial charge in [0.05, 0.1) is 12.2 Å². The third-order valence-electron chi connectivity index (χ3n) is 4.60. The van der Waals surface area contributed by atoms with Crippen molar-refractivity contribution in [1.29, 1.82) is 0 Å². The number of ether oxygens (including phenoxy) is 3. The van der Waals surface area contributed by atoms with Crippen LogP contribution in [0.4, 0.5) is 0 Å². The van der Waals surface area contributed by atoms with Gasteiger partial charge in [-0.2, -0.15) is 0 Å². The molecule has 21 heavy (non-hydrogen) atoms. The summed E-state index contributed by atoms with van der Waals surface area (Å²) in [7, 11) is 3.46. The van der Waals surface area contributed by atoms with Gasteiger partial charge in [-0.1, -0.05) is 40.7 Å². The Morgan fingerprint density at radius 2 is 1.86 bits per heavy atom. The van der Waals surface area contributed by atoms with E-state index in [-0.39, 0.29) is 35.6 Å². The highest BCUT2D eigenvalue weighted by molar-refractivity contribution is 5.82. The zero-order valence-electron chi connectivity index (χ0n) is 14.4. The third-order valence-corrected chi connectivity index (χ3v) is 4.60. The van der Waals surface area contributed by atoms with E-state index in [1.165, 1.54) is 6.08 Å². The van der Waals surface area contributed by atoms with Crippen molar-refractivity contribution < 1.29 is 19.0 Å². The Bertz CT molecular complexity index is 373. The highest BCUT2D eigenvalue weighted by Crippen LogP contribution is 2.39. The van der Waals surface area contributed by atoms with Crippen LogP contribution < -0.4 is 0 Å². The van der Waals surface area contributed by atoms with Crippen LogP contribution in [0.1, 0.15) is 41.0 Å². The van der Waals surface area contributed by atoms with Crippen LogP contribution in [-0.4, -0.2) is 38.5 Å². The SMILES string of the molecule is CO[C@H](C(C)C)[C@@H](C)[C@@H](OC)C(C)(C)[C@H]1CC=CC(=O)O1. The van der Waals surface area contributed by atoms with Crippen LogP contribution in [-0.2, 0) is 19.0 Å². The van der Waals surface area contributed by atoms with E-state index < -0.39 is 0 Å². The first-order chi connectivity index (χ1) is 9.75. The van der Waals surface area contributed by atoms with Gasteiger partial charge >= 0.3 is 5.97 Å². The van der Waals surface area contributed by atoms with Crippen molar-refractivity contribution in [3.05, 3.63) is 12.2 Å². The predicted octanol–water partition coefficient (Wildman–Crippen LogP) is 3.21. The lowest BCUT2D eigenvalue weighted by molar-refractivity contribution is -0.166. The first-order valence-electron chi connectivity index (χ1n) is 7.68. The lowest BCUT2D eigenvalue weighted by atomic mass is 9.71. The van der Waals surface area contributed by atoms with Crippen molar-refractivity contribution in [3.8, 4) is 0 Å². The van der Waals surface area contributed by atoms with E-state index in [0.29, 0.717) is 5.92 Å². The van der Waals surface area contributed by atoms with Gasteiger partial charge in [-0.3, -0.25) is 0 Å². The Morgan fingerprint density at radius 1 is 1.24 bits per heavy atom. The Labute approximate surface area is 128 Å². The van der Waals surface area contributed by atoms with E-state index in [9.17, 15) is 4.79 Å². The molecule has 0 saturated carbocycles. The van der Waals surface area contributed by atoms with E-state index in [1.807, 2.05) is 6.08 Å². The molecule has 0 fully saturated rings. The highest BCUT2D eigenvalue weighted by atomic mass is 16.5. The minimum atomic E-state index is -0.291. The van der Waals surface area contributed by atoms with Crippen LogP contribution in [0.5, 0.6) is 0 Å². The lowest BCUT2D eigenvalue weighted by Gasteiger charge is -2.44. The van der Waals surface area contributed by atoms with Crippen molar-refractivity contribution >= 4 is 5.97 Å². The fourth-order valence-corrected chi connectivity index (χ4v) is 3.62. The van der Waals surface area contributed by atoms with Gasteiger partial charge in [0.1, 0.15) is 6.10 Å². The normalized spacial score (nSPS) is 23.8. The van der Waals surface area contributed by atoms with Crippen LogP contribution >= 0.6 is 0 Å². The van der Waals surface area contributed by atoms with Gasteiger partial charge in [-0.15, -0.1) is 0 Å². The molecule has 122 valence electrons. The number of hydrogen-bond acceptors (Lipinski definition) is 4. The van der Waals surface area contributed by atoms with Crippen LogP contribution in [0, 0.1) is 17.3 Å². The topological polar surface area (TPSA) is 44.8 Å². The summed E-state index contributed by atoms with van der Waals surface area (Å²) in [6.45, 7) is 10.6. The molecule has 0 amide bonds. The van der Waals surface area contributed by atoms with Gasteiger partial charge < -0.3 is 14.2 Å². The molecule has 0 bridgehead atoms. The molecule has 1 aliphatic rings. The van der Waals surface area contributed by atoms with E-state index in [2.05, 4.69) is 34.6 Å². The number of carbonyl (C=O) groups excluding carboxylic acids is 1. The maximum atomic E-state index is 11.5. The second kappa shape index (κ2) is 7.41. The summed E-state index contributed by atoms with van der Waals surface area (Å²) < 4.78 is 17.0. The molecule has 0 radical (unpaired) electrons. The quantitative estimate of drug-likeness (QED) is 0.677. The number of esters is 1. The highest BCUT2D eigenvalue weighted by Gasteiger charge is 2.45. The minimum absolute atomic E-state index is 0.0610. The molecule has 0 aromatic rings. The second-order valence-corrected chi connectivity index (χ2v) is 6.84. The molecule has 0 spiro atoms. The molecule has 4 heteroatoms. The monoisotopic (exact) mass is 298 g/mol. The fraction of sp³-hybridized carbons (Fsp3) is 0.824.